The minimum atomic E-state index is -0.528. The highest BCUT2D eigenvalue weighted by Gasteiger charge is 1.89. The van der Waals surface area contributed by atoms with Gasteiger partial charge < -0.3 is 5.41 Å². The Bertz CT molecular complexity index is 119. The quantitative estimate of drug-likeness (QED) is 0.418. The van der Waals surface area contributed by atoms with Gasteiger partial charge >= 0.3 is 0 Å². The van der Waals surface area contributed by atoms with E-state index < -0.39 is 5.83 Å². The van der Waals surface area contributed by atoms with Crippen molar-refractivity contribution in [1.82, 2.24) is 0 Å². The highest BCUT2D eigenvalue weighted by molar-refractivity contribution is 5.74. The van der Waals surface area contributed by atoms with E-state index in [-0.39, 0.29) is 0 Å². The largest absolute Gasteiger partial charge is 0.306 e. The zero-order valence-electron chi connectivity index (χ0n) is 4.74. The average Bonchev–Trinajstić information content (AvgIpc) is 1.84. The van der Waals surface area contributed by atoms with Gasteiger partial charge in [-0.2, -0.15) is 0 Å². The molecule has 0 aromatic heterocycles. The zero-order chi connectivity index (χ0) is 6.57. The molecule has 0 unspecified atom stereocenters. The smallest absolute Gasteiger partial charge is 0.143 e. The van der Waals surface area contributed by atoms with Crippen molar-refractivity contribution in [3.8, 4) is 0 Å². The van der Waals surface area contributed by atoms with Gasteiger partial charge in [0, 0.05) is 0 Å². The number of hydrogen-bond donors (Lipinski definition) is 1. The first kappa shape index (κ1) is 7.08. The van der Waals surface area contributed by atoms with Crippen LogP contribution < -0.4 is 0 Å². The molecule has 0 aliphatic rings. The van der Waals surface area contributed by atoms with Crippen molar-refractivity contribution in [2.75, 3.05) is 0 Å². The lowest BCUT2D eigenvalue weighted by molar-refractivity contribution is 0.677. The maximum absolute atomic E-state index is 12.1. The second-order valence-electron chi connectivity index (χ2n) is 1.38. The molecule has 0 aliphatic carbocycles. The van der Waals surface area contributed by atoms with E-state index in [9.17, 15) is 4.39 Å². The lowest BCUT2D eigenvalue weighted by atomic mass is 10.3. The molecule has 8 heavy (non-hydrogen) atoms. The molecule has 0 heterocycles. The van der Waals surface area contributed by atoms with Crippen molar-refractivity contribution in [2.24, 2.45) is 0 Å². The molecule has 0 amide bonds. The second-order valence-corrected chi connectivity index (χ2v) is 1.38. The van der Waals surface area contributed by atoms with Gasteiger partial charge in [-0.25, -0.2) is 4.39 Å². The molecule has 0 aliphatic heterocycles. The van der Waals surface area contributed by atoms with E-state index in [1.54, 1.807) is 6.92 Å². The SMILES string of the molecule is C=C/C(C)=C(\F)C=N. The van der Waals surface area contributed by atoms with Crippen LogP contribution in [0.4, 0.5) is 4.39 Å². The molecule has 0 aromatic rings. The fourth-order valence-corrected chi connectivity index (χ4v) is 0.211. The van der Waals surface area contributed by atoms with E-state index in [1.165, 1.54) is 6.08 Å². The van der Waals surface area contributed by atoms with Crippen LogP contribution in [0.3, 0.4) is 0 Å². The van der Waals surface area contributed by atoms with Crippen molar-refractivity contribution >= 4 is 6.21 Å². The summed E-state index contributed by atoms with van der Waals surface area (Å²) in [6, 6.07) is 0. The molecule has 0 rings (SSSR count). The molecular weight excluding hydrogens is 105 g/mol. The summed E-state index contributed by atoms with van der Waals surface area (Å²) in [6.07, 6.45) is 2.04. The van der Waals surface area contributed by atoms with Gasteiger partial charge in [-0.3, -0.25) is 0 Å². The van der Waals surface area contributed by atoms with Crippen LogP contribution in [0.2, 0.25) is 0 Å². The molecule has 1 N–H and O–H groups in total. The Morgan fingerprint density at radius 2 is 2.25 bits per heavy atom. The predicted octanol–water partition coefficient (Wildman–Crippen LogP) is 2.07. The summed E-state index contributed by atoms with van der Waals surface area (Å²) in [5, 5.41) is 6.44. The monoisotopic (exact) mass is 113 g/mol. The van der Waals surface area contributed by atoms with Gasteiger partial charge in [-0.15, -0.1) is 0 Å². The number of nitrogens with one attached hydrogen (secondary N) is 1. The molecule has 0 radical (unpaired) electrons. The first-order valence-corrected chi connectivity index (χ1v) is 2.21. The van der Waals surface area contributed by atoms with Crippen molar-refractivity contribution < 1.29 is 4.39 Å². The molecule has 0 bridgehead atoms. The standard InChI is InChI=1S/C6H8FN/c1-3-5(2)6(7)4-8/h3-4,8H,1H2,2H3/b6-5-,8-4?. The highest BCUT2D eigenvalue weighted by atomic mass is 19.1. The van der Waals surface area contributed by atoms with Crippen molar-refractivity contribution in [2.45, 2.75) is 6.92 Å². The Morgan fingerprint density at radius 1 is 1.75 bits per heavy atom. The predicted molar refractivity (Wildman–Crippen MR) is 32.8 cm³/mol. The van der Waals surface area contributed by atoms with Gasteiger partial charge in [0.25, 0.3) is 0 Å². The van der Waals surface area contributed by atoms with Crippen LogP contribution in [-0.4, -0.2) is 6.21 Å². The topological polar surface area (TPSA) is 23.9 Å². The summed E-state index contributed by atoms with van der Waals surface area (Å²) in [6.45, 7) is 4.89. The van der Waals surface area contributed by atoms with Gasteiger partial charge in [0.2, 0.25) is 0 Å². The first-order chi connectivity index (χ1) is 3.72. The zero-order valence-corrected chi connectivity index (χ0v) is 4.74. The number of rotatable bonds is 2. The van der Waals surface area contributed by atoms with Crippen molar-refractivity contribution in [1.29, 1.82) is 5.41 Å². The van der Waals surface area contributed by atoms with E-state index in [4.69, 9.17) is 5.41 Å². The van der Waals surface area contributed by atoms with E-state index in [0.29, 0.717) is 11.8 Å². The van der Waals surface area contributed by atoms with E-state index in [0.717, 1.165) is 0 Å². The van der Waals surface area contributed by atoms with Gasteiger partial charge in [0.15, 0.2) is 0 Å². The summed E-state index contributed by atoms with van der Waals surface area (Å²) in [7, 11) is 0. The van der Waals surface area contributed by atoms with Crippen LogP contribution in [0.25, 0.3) is 0 Å². The summed E-state index contributed by atoms with van der Waals surface area (Å²) in [4.78, 5) is 0. The van der Waals surface area contributed by atoms with Crippen LogP contribution in [0, 0.1) is 5.41 Å². The molecule has 0 atom stereocenters. The van der Waals surface area contributed by atoms with Crippen LogP contribution in [0.5, 0.6) is 0 Å². The minimum Gasteiger partial charge on any atom is -0.306 e. The number of allylic oxidation sites excluding steroid dienone is 3. The lowest BCUT2D eigenvalue weighted by Crippen LogP contribution is -1.76. The lowest BCUT2D eigenvalue weighted by Gasteiger charge is -1.86. The normalized spacial score (nSPS) is 12.2. The first-order valence-electron chi connectivity index (χ1n) is 2.21. The summed E-state index contributed by atoms with van der Waals surface area (Å²) < 4.78 is 12.1. The molecule has 1 nitrogen and oxygen atoms in total. The van der Waals surface area contributed by atoms with Gasteiger partial charge in [-0.05, 0) is 12.5 Å². The van der Waals surface area contributed by atoms with Crippen molar-refractivity contribution in [3.05, 3.63) is 24.1 Å². The highest BCUT2D eigenvalue weighted by Crippen LogP contribution is 2.01. The fraction of sp³-hybridized carbons (Fsp3) is 0.167. The van der Waals surface area contributed by atoms with E-state index in [2.05, 4.69) is 6.58 Å². The van der Waals surface area contributed by atoms with Crippen LogP contribution >= 0.6 is 0 Å². The Morgan fingerprint density at radius 3 is 2.38 bits per heavy atom. The second kappa shape index (κ2) is 3.13. The number of halogens is 1. The Kier molecular flexibility index (Phi) is 2.77. The molecular formula is C6H8FN. The summed E-state index contributed by atoms with van der Waals surface area (Å²) in [5.41, 5.74) is 0.403. The number of hydrogen-bond acceptors (Lipinski definition) is 1. The fourth-order valence-electron chi connectivity index (χ4n) is 0.211. The van der Waals surface area contributed by atoms with Gasteiger partial charge in [-0.1, -0.05) is 12.7 Å². The maximum Gasteiger partial charge on any atom is 0.143 e. The Hall–Kier alpha value is -0.920. The van der Waals surface area contributed by atoms with Gasteiger partial charge in [0.1, 0.15) is 5.83 Å². The molecule has 2 heteroatoms. The molecule has 0 spiro atoms. The molecule has 0 saturated heterocycles. The van der Waals surface area contributed by atoms with E-state index >= 15 is 0 Å². The molecule has 44 valence electrons. The molecule has 0 saturated carbocycles. The average molecular weight is 113 g/mol. The van der Waals surface area contributed by atoms with Crippen LogP contribution in [-0.2, 0) is 0 Å². The maximum atomic E-state index is 12.1. The minimum absolute atomic E-state index is 0.403. The molecule has 0 fully saturated rings. The van der Waals surface area contributed by atoms with E-state index in [1.807, 2.05) is 0 Å². The van der Waals surface area contributed by atoms with Crippen LogP contribution in [0.15, 0.2) is 24.1 Å². The Labute approximate surface area is 48.0 Å². The summed E-state index contributed by atoms with van der Waals surface area (Å²) in [5.74, 6) is -0.528. The third-order valence-corrected chi connectivity index (χ3v) is 0.810. The Balaban J connectivity index is 4.25. The third-order valence-electron chi connectivity index (χ3n) is 0.810. The summed E-state index contributed by atoms with van der Waals surface area (Å²) >= 11 is 0. The van der Waals surface area contributed by atoms with Crippen LogP contribution in [0.1, 0.15) is 6.92 Å². The van der Waals surface area contributed by atoms with Crippen molar-refractivity contribution in [3.63, 3.8) is 0 Å². The van der Waals surface area contributed by atoms with Gasteiger partial charge in [0.05, 0.1) is 6.21 Å². The third kappa shape index (κ3) is 1.69. The molecule has 0 aromatic carbocycles.